The quantitative estimate of drug-likeness (QED) is 0.592. The first-order valence-electron chi connectivity index (χ1n) is 7.00. The Kier molecular flexibility index (Phi) is 5.36. The summed E-state index contributed by atoms with van der Waals surface area (Å²) < 4.78 is 24.0. The number of nitrogens with zero attached hydrogens (tertiary/aromatic N) is 1. The average molecular weight is 301 g/mol. The molecule has 120 valence electrons. The van der Waals surface area contributed by atoms with Gasteiger partial charge in [0.25, 0.3) is 0 Å². The Bertz CT molecular complexity index is 418. The van der Waals surface area contributed by atoms with Crippen molar-refractivity contribution < 1.29 is 23.5 Å². The number of carbonyl (C=O) groups is 2. The molecule has 1 aliphatic rings. The molecule has 0 spiro atoms. The lowest BCUT2D eigenvalue weighted by Crippen LogP contribution is -2.54. The van der Waals surface area contributed by atoms with E-state index in [0.717, 1.165) is 4.90 Å². The van der Waals surface area contributed by atoms with E-state index in [1.165, 1.54) is 7.11 Å². The molecule has 0 radical (unpaired) electrons. The summed E-state index contributed by atoms with van der Waals surface area (Å²) in [4.78, 5) is 25.7. The monoisotopic (exact) mass is 301 g/mol. The van der Waals surface area contributed by atoms with Crippen LogP contribution in [0.2, 0.25) is 0 Å². The van der Waals surface area contributed by atoms with Gasteiger partial charge in [0.15, 0.2) is 0 Å². The number of ether oxygens (including phenoxy) is 2. The lowest BCUT2D eigenvalue weighted by Gasteiger charge is -2.36. The molecule has 0 aromatic carbocycles. The predicted molar refractivity (Wildman–Crippen MR) is 76.6 cm³/mol. The van der Waals surface area contributed by atoms with Crippen molar-refractivity contribution in [3.8, 4) is 0 Å². The Morgan fingerprint density at radius 3 is 2.57 bits per heavy atom. The summed E-state index contributed by atoms with van der Waals surface area (Å²) in [7, 11) is 1.23. The number of hydrogen-bond donors (Lipinski definition) is 0. The zero-order valence-electron chi connectivity index (χ0n) is 13.1. The number of hydrogen-bond acceptors (Lipinski definition) is 4. The molecule has 0 aromatic heterocycles. The van der Waals surface area contributed by atoms with Crippen LogP contribution in [0.25, 0.3) is 0 Å². The van der Waals surface area contributed by atoms with Crippen molar-refractivity contribution in [1.82, 2.24) is 4.90 Å². The molecule has 6 heteroatoms. The van der Waals surface area contributed by atoms with Crippen molar-refractivity contribution in [3.05, 3.63) is 12.7 Å². The first-order chi connectivity index (χ1) is 9.66. The van der Waals surface area contributed by atoms with E-state index in [2.05, 4.69) is 6.58 Å². The minimum atomic E-state index is -1.31. The standard InChI is InChI=1S/C15H24FNO4/c1-6-7-8-15(12(18)20-5)9-11(16)10-17(15)13(19)21-14(2,3)4/h6,11H,1,7-10H2,2-5H3/t11-,15?/m1/s1. The molecule has 0 aliphatic carbocycles. The molecule has 5 nitrogen and oxygen atoms in total. The third-order valence-electron chi connectivity index (χ3n) is 3.40. The minimum Gasteiger partial charge on any atom is -0.467 e. The van der Waals surface area contributed by atoms with Crippen LogP contribution in [0, 0.1) is 0 Å². The van der Waals surface area contributed by atoms with Crippen LogP contribution < -0.4 is 0 Å². The summed E-state index contributed by atoms with van der Waals surface area (Å²) >= 11 is 0. The molecule has 1 amide bonds. The fourth-order valence-electron chi connectivity index (χ4n) is 2.54. The van der Waals surface area contributed by atoms with Gasteiger partial charge in [-0.05, 0) is 33.6 Å². The molecule has 1 heterocycles. The fraction of sp³-hybridized carbons (Fsp3) is 0.733. The number of esters is 1. The van der Waals surface area contributed by atoms with Crippen molar-refractivity contribution in [2.24, 2.45) is 0 Å². The van der Waals surface area contributed by atoms with Crippen LogP contribution in [0.1, 0.15) is 40.0 Å². The van der Waals surface area contributed by atoms with Gasteiger partial charge in [-0.1, -0.05) is 6.08 Å². The van der Waals surface area contributed by atoms with E-state index in [-0.39, 0.29) is 19.4 Å². The zero-order valence-corrected chi connectivity index (χ0v) is 13.1. The molecular weight excluding hydrogens is 277 g/mol. The largest absolute Gasteiger partial charge is 0.467 e. The molecule has 0 bridgehead atoms. The molecule has 1 rings (SSSR count). The lowest BCUT2D eigenvalue weighted by atomic mass is 9.90. The topological polar surface area (TPSA) is 55.8 Å². The number of amides is 1. The second kappa shape index (κ2) is 6.45. The molecule has 1 saturated heterocycles. The molecule has 0 N–H and O–H groups in total. The zero-order chi connectivity index (χ0) is 16.3. The number of likely N-dealkylation sites (tertiary alicyclic amines) is 1. The van der Waals surface area contributed by atoms with Gasteiger partial charge in [0.2, 0.25) is 0 Å². The summed E-state index contributed by atoms with van der Waals surface area (Å²) in [5, 5.41) is 0. The summed E-state index contributed by atoms with van der Waals surface area (Å²) in [5.74, 6) is -0.615. The highest BCUT2D eigenvalue weighted by molar-refractivity contribution is 5.86. The maximum absolute atomic E-state index is 13.9. The van der Waals surface area contributed by atoms with Crippen LogP contribution in [0.4, 0.5) is 9.18 Å². The smallest absolute Gasteiger partial charge is 0.411 e. The third kappa shape index (κ3) is 3.95. The lowest BCUT2D eigenvalue weighted by molar-refractivity contribution is -0.153. The van der Waals surface area contributed by atoms with Gasteiger partial charge >= 0.3 is 12.1 Å². The van der Waals surface area contributed by atoms with Gasteiger partial charge in [-0.25, -0.2) is 14.0 Å². The summed E-state index contributed by atoms with van der Waals surface area (Å²) in [6, 6.07) is 0. The van der Waals surface area contributed by atoms with Gasteiger partial charge in [0.05, 0.1) is 13.7 Å². The number of alkyl halides is 1. The van der Waals surface area contributed by atoms with E-state index in [4.69, 9.17) is 9.47 Å². The Hall–Kier alpha value is -1.59. The van der Waals surface area contributed by atoms with Gasteiger partial charge in [-0.15, -0.1) is 6.58 Å². The number of carbonyl (C=O) groups excluding carboxylic acids is 2. The van der Waals surface area contributed by atoms with Crippen LogP contribution in [-0.4, -0.2) is 47.9 Å². The minimum absolute atomic E-state index is 0.0766. The van der Waals surface area contributed by atoms with Gasteiger partial charge in [0.1, 0.15) is 17.3 Å². The summed E-state index contributed by atoms with van der Waals surface area (Å²) in [6.45, 7) is 8.60. The predicted octanol–water partition coefficient (Wildman–Crippen LogP) is 2.84. The summed E-state index contributed by atoms with van der Waals surface area (Å²) in [6.07, 6.45) is 0.318. The van der Waals surface area contributed by atoms with Crippen LogP contribution in [0.5, 0.6) is 0 Å². The fourth-order valence-corrected chi connectivity index (χ4v) is 2.54. The van der Waals surface area contributed by atoms with Crippen molar-refractivity contribution in [3.63, 3.8) is 0 Å². The number of methoxy groups -OCH3 is 1. The summed E-state index contributed by atoms with van der Waals surface area (Å²) in [5.41, 5.74) is -2.03. The van der Waals surface area contributed by atoms with Gasteiger partial charge < -0.3 is 9.47 Å². The first-order valence-corrected chi connectivity index (χ1v) is 7.00. The van der Waals surface area contributed by atoms with Crippen molar-refractivity contribution in [2.75, 3.05) is 13.7 Å². The molecule has 0 aromatic rings. The number of rotatable bonds is 4. The number of allylic oxidation sites excluding steroid dienone is 1. The van der Waals surface area contributed by atoms with E-state index >= 15 is 0 Å². The van der Waals surface area contributed by atoms with Crippen molar-refractivity contribution in [2.45, 2.75) is 57.3 Å². The average Bonchev–Trinajstić information content (AvgIpc) is 2.71. The Morgan fingerprint density at radius 1 is 1.48 bits per heavy atom. The van der Waals surface area contributed by atoms with Gasteiger partial charge in [0, 0.05) is 6.42 Å². The maximum Gasteiger partial charge on any atom is 0.411 e. The number of halogens is 1. The second-order valence-corrected chi connectivity index (χ2v) is 6.24. The van der Waals surface area contributed by atoms with Gasteiger partial charge in [-0.2, -0.15) is 0 Å². The van der Waals surface area contributed by atoms with Crippen molar-refractivity contribution >= 4 is 12.1 Å². The van der Waals surface area contributed by atoms with Crippen LogP contribution >= 0.6 is 0 Å². The van der Waals surface area contributed by atoms with Crippen LogP contribution in [-0.2, 0) is 14.3 Å². The van der Waals surface area contributed by atoms with E-state index in [1.807, 2.05) is 0 Å². The SMILES string of the molecule is C=CCCC1(C(=O)OC)C[C@@H](F)CN1C(=O)OC(C)(C)C. The molecule has 2 atom stereocenters. The highest BCUT2D eigenvalue weighted by atomic mass is 19.1. The van der Waals surface area contributed by atoms with Gasteiger partial charge in [-0.3, -0.25) is 4.90 Å². The maximum atomic E-state index is 13.9. The highest BCUT2D eigenvalue weighted by Gasteiger charge is 2.55. The molecule has 0 saturated carbocycles. The normalized spacial score (nSPS) is 25.6. The highest BCUT2D eigenvalue weighted by Crippen LogP contribution is 2.37. The second-order valence-electron chi connectivity index (χ2n) is 6.24. The van der Waals surface area contributed by atoms with Crippen molar-refractivity contribution in [1.29, 1.82) is 0 Å². The molecule has 1 unspecified atom stereocenters. The first kappa shape index (κ1) is 17.5. The van der Waals surface area contributed by atoms with E-state index in [9.17, 15) is 14.0 Å². The Labute approximate surface area is 125 Å². The molecule has 1 fully saturated rings. The third-order valence-corrected chi connectivity index (χ3v) is 3.40. The van der Waals surface area contributed by atoms with Crippen LogP contribution in [0.3, 0.4) is 0 Å². The Morgan fingerprint density at radius 2 is 2.10 bits per heavy atom. The Balaban J connectivity index is 3.09. The van der Waals surface area contributed by atoms with E-state index in [1.54, 1.807) is 26.8 Å². The van der Waals surface area contributed by atoms with Crippen LogP contribution in [0.15, 0.2) is 12.7 Å². The molecular formula is C15H24FNO4. The van der Waals surface area contributed by atoms with E-state index < -0.39 is 29.4 Å². The molecule has 21 heavy (non-hydrogen) atoms. The van der Waals surface area contributed by atoms with E-state index in [0.29, 0.717) is 6.42 Å². The molecule has 1 aliphatic heterocycles.